The fraction of sp³-hybridized carbons (Fsp3) is 0.286. The van der Waals surface area contributed by atoms with Gasteiger partial charge in [0.2, 0.25) is 0 Å². The largest absolute Gasteiger partial charge is 0.435 e. The van der Waals surface area contributed by atoms with Gasteiger partial charge in [-0.05, 0) is 56.0 Å². The third-order valence-electron chi connectivity index (χ3n) is 7.02. The number of anilines is 2. The van der Waals surface area contributed by atoms with Crippen LogP contribution < -0.4 is 5.32 Å². The van der Waals surface area contributed by atoms with E-state index < -0.39 is 11.9 Å². The van der Waals surface area contributed by atoms with Crippen LogP contribution in [-0.2, 0) is 12.7 Å². The number of halogens is 3. The molecule has 0 atom stereocenters. The molecule has 210 valence electrons. The average Bonchev–Trinajstić information content (AvgIpc) is 3.59. The Morgan fingerprint density at radius 2 is 1.80 bits per heavy atom. The van der Waals surface area contributed by atoms with E-state index in [9.17, 15) is 18.0 Å². The zero-order chi connectivity index (χ0) is 28.6. The first-order valence-electron chi connectivity index (χ1n) is 13.2. The molecule has 1 aliphatic heterocycles. The smallest absolute Gasteiger partial charge is 0.339 e. The molecule has 1 amide bonds. The quantitative estimate of drug-likeness (QED) is 0.306. The number of fused-ring (bicyclic) bond motifs is 1. The predicted octanol–water partition coefficient (Wildman–Crippen LogP) is 5.13. The fourth-order valence-corrected chi connectivity index (χ4v) is 5.05. The van der Waals surface area contributed by atoms with Gasteiger partial charge in [0, 0.05) is 55.3 Å². The van der Waals surface area contributed by atoms with Crippen molar-refractivity contribution in [3.05, 3.63) is 84.1 Å². The monoisotopic (exact) mass is 561 g/mol. The van der Waals surface area contributed by atoms with Crippen molar-refractivity contribution < 1.29 is 18.0 Å². The third kappa shape index (κ3) is 5.34. The molecule has 0 unspecified atom stereocenters. The van der Waals surface area contributed by atoms with E-state index in [1.54, 1.807) is 24.4 Å². The van der Waals surface area contributed by atoms with Gasteiger partial charge < -0.3 is 10.2 Å². The molecule has 1 N–H and O–H groups in total. The normalized spacial score (nSPS) is 14.0. The highest BCUT2D eigenvalue weighted by atomic mass is 19.4. The maximum Gasteiger partial charge on any atom is 0.435 e. The fourth-order valence-electron chi connectivity index (χ4n) is 5.05. The number of benzene rings is 1. The van der Waals surface area contributed by atoms with Crippen LogP contribution in [0.4, 0.5) is 24.7 Å². The first kappa shape index (κ1) is 26.4. The van der Waals surface area contributed by atoms with Crippen LogP contribution in [-0.4, -0.2) is 58.0 Å². The molecule has 1 fully saturated rings. The summed E-state index contributed by atoms with van der Waals surface area (Å²) in [5, 5.41) is 7.01. The van der Waals surface area contributed by atoms with Crippen LogP contribution in [0, 0.1) is 6.92 Å². The number of nitrogens with one attached hydrogen (secondary N) is 1. The number of amides is 1. The Kier molecular flexibility index (Phi) is 6.85. The van der Waals surface area contributed by atoms with Crippen molar-refractivity contribution in [2.24, 2.45) is 0 Å². The van der Waals surface area contributed by atoms with Crippen LogP contribution in [0.15, 0.2) is 61.4 Å². The topological polar surface area (TPSA) is 106 Å². The standard InChI is InChI=1S/C28H26F3N9O/c1-18-14-19(6-7-20(18)27(41)38-11-3-2-4-12-38)36-25-26-35-15-22(40(26)13-10-34-25)21-16-39(37-24(21)28(29,30)31)17-23-32-8-5-9-33-23/h5-10,13-16H,2-4,11-12,17H2,1H3,(H,34,36). The molecule has 1 aromatic carbocycles. The van der Waals surface area contributed by atoms with Gasteiger partial charge >= 0.3 is 6.18 Å². The summed E-state index contributed by atoms with van der Waals surface area (Å²) < 4.78 is 44.8. The Labute approximate surface area is 232 Å². The molecule has 5 heterocycles. The average molecular weight is 562 g/mol. The minimum absolute atomic E-state index is 0.0201. The number of aromatic nitrogens is 7. The van der Waals surface area contributed by atoms with E-state index in [0.717, 1.165) is 37.9 Å². The molecular weight excluding hydrogens is 535 g/mol. The van der Waals surface area contributed by atoms with Crippen LogP contribution in [0.3, 0.4) is 0 Å². The molecule has 1 aliphatic rings. The summed E-state index contributed by atoms with van der Waals surface area (Å²) in [6, 6.07) is 7.05. The highest BCUT2D eigenvalue weighted by Gasteiger charge is 2.38. The highest BCUT2D eigenvalue weighted by molar-refractivity contribution is 5.96. The Balaban J connectivity index is 1.30. The van der Waals surface area contributed by atoms with E-state index in [0.29, 0.717) is 28.5 Å². The molecule has 6 rings (SSSR count). The zero-order valence-corrected chi connectivity index (χ0v) is 22.1. The predicted molar refractivity (Wildman–Crippen MR) is 145 cm³/mol. The SMILES string of the molecule is Cc1cc(Nc2nccn3c(-c4cn(Cc5ncccn5)nc4C(F)(F)F)cnc23)ccc1C(=O)N1CCCCC1. The lowest BCUT2D eigenvalue weighted by molar-refractivity contribution is -0.141. The number of alkyl halides is 3. The van der Waals surface area contributed by atoms with Gasteiger partial charge in [-0.1, -0.05) is 0 Å². The molecule has 5 aromatic rings. The summed E-state index contributed by atoms with van der Waals surface area (Å²) in [5.74, 6) is 0.710. The number of carbonyl (C=O) groups excluding carboxylic acids is 1. The number of rotatable bonds is 6. The van der Waals surface area contributed by atoms with Gasteiger partial charge in [0.15, 0.2) is 17.2 Å². The van der Waals surface area contributed by atoms with Gasteiger partial charge in [0.1, 0.15) is 12.4 Å². The second-order valence-corrected chi connectivity index (χ2v) is 9.87. The van der Waals surface area contributed by atoms with Gasteiger partial charge in [-0.15, -0.1) is 0 Å². The van der Waals surface area contributed by atoms with Crippen LogP contribution in [0.5, 0.6) is 0 Å². The second-order valence-electron chi connectivity index (χ2n) is 9.87. The molecule has 0 radical (unpaired) electrons. The lowest BCUT2D eigenvalue weighted by Gasteiger charge is -2.27. The molecule has 1 saturated heterocycles. The molecule has 13 heteroatoms. The molecule has 0 aliphatic carbocycles. The molecule has 41 heavy (non-hydrogen) atoms. The number of nitrogens with zero attached hydrogens (tertiary/aromatic N) is 8. The summed E-state index contributed by atoms with van der Waals surface area (Å²) >= 11 is 0. The van der Waals surface area contributed by atoms with Crippen molar-refractivity contribution in [2.45, 2.75) is 38.9 Å². The van der Waals surface area contributed by atoms with Gasteiger partial charge in [-0.2, -0.15) is 18.3 Å². The summed E-state index contributed by atoms with van der Waals surface area (Å²) in [6.07, 6.45) is 7.22. The molecule has 10 nitrogen and oxygen atoms in total. The van der Waals surface area contributed by atoms with E-state index in [2.05, 4.69) is 30.4 Å². The zero-order valence-electron chi connectivity index (χ0n) is 22.1. The summed E-state index contributed by atoms with van der Waals surface area (Å²) in [4.78, 5) is 31.8. The number of hydrogen-bond donors (Lipinski definition) is 1. The molecule has 4 aromatic heterocycles. The Bertz CT molecular complexity index is 1710. The maximum atomic E-state index is 14.0. The lowest BCUT2D eigenvalue weighted by atomic mass is 10.0. The van der Waals surface area contributed by atoms with E-state index in [-0.39, 0.29) is 23.7 Å². The Hall–Kier alpha value is -4.81. The van der Waals surface area contributed by atoms with Crippen LogP contribution in [0.25, 0.3) is 16.9 Å². The van der Waals surface area contributed by atoms with Gasteiger partial charge in [0.05, 0.1) is 17.5 Å². The second kappa shape index (κ2) is 10.6. The minimum Gasteiger partial charge on any atom is -0.339 e. The van der Waals surface area contributed by atoms with Gasteiger partial charge in [0.25, 0.3) is 5.91 Å². The number of carbonyl (C=O) groups is 1. The van der Waals surface area contributed by atoms with Crippen molar-refractivity contribution in [3.8, 4) is 11.3 Å². The van der Waals surface area contributed by atoms with E-state index >= 15 is 0 Å². The minimum atomic E-state index is -4.69. The third-order valence-corrected chi connectivity index (χ3v) is 7.02. The number of imidazole rings is 1. The Morgan fingerprint density at radius 3 is 2.54 bits per heavy atom. The first-order valence-corrected chi connectivity index (χ1v) is 13.2. The van der Waals surface area contributed by atoms with E-state index in [1.165, 1.54) is 40.1 Å². The summed E-state index contributed by atoms with van der Waals surface area (Å²) in [5.41, 5.74) is 1.50. The molecule has 0 spiro atoms. The van der Waals surface area contributed by atoms with Crippen molar-refractivity contribution in [1.82, 2.24) is 39.0 Å². The number of likely N-dealkylation sites (tertiary alicyclic amines) is 1. The summed E-state index contributed by atoms with van der Waals surface area (Å²) in [6.45, 7) is 3.38. The van der Waals surface area contributed by atoms with E-state index in [1.807, 2.05) is 17.9 Å². The molecule has 0 bridgehead atoms. The van der Waals surface area contributed by atoms with E-state index in [4.69, 9.17) is 0 Å². The Morgan fingerprint density at radius 1 is 1.02 bits per heavy atom. The van der Waals surface area contributed by atoms with Crippen LogP contribution in [0.2, 0.25) is 0 Å². The summed E-state index contributed by atoms with van der Waals surface area (Å²) in [7, 11) is 0. The molecular formula is C28H26F3N9O. The first-order chi connectivity index (χ1) is 19.8. The highest BCUT2D eigenvalue weighted by Crippen LogP contribution is 2.37. The van der Waals surface area contributed by atoms with Gasteiger partial charge in [-0.25, -0.2) is 19.9 Å². The van der Waals surface area contributed by atoms with Crippen molar-refractivity contribution >= 4 is 23.1 Å². The number of hydrogen-bond acceptors (Lipinski definition) is 7. The van der Waals surface area contributed by atoms with Gasteiger partial charge in [-0.3, -0.25) is 13.9 Å². The lowest BCUT2D eigenvalue weighted by Crippen LogP contribution is -2.35. The van der Waals surface area contributed by atoms with Crippen molar-refractivity contribution in [2.75, 3.05) is 18.4 Å². The molecule has 0 saturated carbocycles. The van der Waals surface area contributed by atoms with Crippen molar-refractivity contribution in [1.29, 1.82) is 0 Å². The number of piperidine rings is 1. The number of aryl methyl sites for hydroxylation is 1. The van der Waals surface area contributed by atoms with Crippen LogP contribution in [0.1, 0.15) is 46.7 Å². The maximum absolute atomic E-state index is 14.0. The van der Waals surface area contributed by atoms with Crippen LogP contribution >= 0.6 is 0 Å². The van der Waals surface area contributed by atoms with Crippen molar-refractivity contribution in [3.63, 3.8) is 0 Å².